The van der Waals surface area contributed by atoms with Crippen molar-refractivity contribution in [3.63, 3.8) is 0 Å². The van der Waals surface area contributed by atoms with Gasteiger partial charge in [-0.05, 0) is 12.1 Å². The summed E-state index contributed by atoms with van der Waals surface area (Å²) < 4.78 is 3.77. The molecule has 0 fully saturated rings. The quantitative estimate of drug-likeness (QED) is 0.671. The van der Waals surface area contributed by atoms with Crippen LogP contribution in [0.3, 0.4) is 0 Å². The summed E-state index contributed by atoms with van der Waals surface area (Å²) in [6.07, 6.45) is 3.03. The van der Waals surface area contributed by atoms with Gasteiger partial charge >= 0.3 is 5.69 Å². The lowest BCUT2D eigenvalue weighted by atomic mass is 10.3. The Morgan fingerprint density at radius 3 is 2.67 bits per heavy atom. The molecule has 0 radical (unpaired) electrons. The number of pyridine rings is 1. The first-order valence-electron chi connectivity index (χ1n) is 7.26. The van der Waals surface area contributed by atoms with Crippen molar-refractivity contribution in [2.45, 2.75) is 13.1 Å². The minimum atomic E-state index is -0.485. The summed E-state index contributed by atoms with van der Waals surface area (Å²) in [5.41, 5.74) is 0.250. The second-order valence-electron chi connectivity index (χ2n) is 5.35. The zero-order valence-electron chi connectivity index (χ0n) is 13.3. The molecule has 0 aliphatic heterocycles. The standard InChI is InChI=1S/C15H16N6O3/c1-19-13-12(14(23)20(2)15(19)24)18-9-21(13)8-11(22)17-7-10-5-3-4-6-16-10/h3-6,9H,7-8H2,1-2H3,(H,17,22). The smallest absolute Gasteiger partial charge is 0.332 e. The van der Waals surface area contributed by atoms with Crippen LogP contribution in [0.2, 0.25) is 0 Å². The van der Waals surface area contributed by atoms with Crippen molar-refractivity contribution in [2.24, 2.45) is 14.1 Å². The number of hydrogen-bond donors (Lipinski definition) is 1. The zero-order chi connectivity index (χ0) is 17.3. The molecule has 3 heterocycles. The highest BCUT2D eigenvalue weighted by molar-refractivity contribution is 5.78. The molecule has 0 spiro atoms. The predicted molar refractivity (Wildman–Crippen MR) is 86.3 cm³/mol. The van der Waals surface area contributed by atoms with Gasteiger partial charge in [0, 0.05) is 20.3 Å². The molecule has 3 rings (SSSR count). The van der Waals surface area contributed by atoms with Crippen LogP contribution < -0.4 is 16.6 Å². The first-order chi connectivity index (χ1) is 11.5. The predicted octanol–water partition coefficient (Wildman–Crippen LogP) is -0.855. The minimum Gasteiger partial charge on any atom is -0.349 e. The van der Waals surface area contributed by atoms with Crippen molar-refractivity contribution in [1.82, 2.24) is 29.0 Å². The summed E-state index contributed by atoms with van der Waals surface area (Å²) in [6.45, 7) is 0.247. The Morgan fingerprint density at radius 2 is 1.96 bits per heavy atom. The van der Waals surface area contributed by atoms with Crippen LogP contribution >= 0.6 is 0 Å². The van der Waals surface area contributed by atoms with E-state index < -0.39 is 11.2 Å². The van der Waals surface area contributed by atoms with Crippen molar-refractivity contribution < 1.29 is 4.79 Å². The summed E-state index contributed by atoms with van der Waals surface area (Å²) in [6, 6.07) is 5.44. The van der Waals surface area contributed by atoms with Gasteiger partial charge in [-0.15, -0.1) is 0 Å². The molecule has 0 unspecified atom stereocenters. The van der Waals surface area contributed by atoms with E-state index in [0.717, 1.165) is 10.3 Å². The fourth-order valence-electron chi connectivity index (χ4n) is 2.46. The van der Waals surface area contributed by atoms with Gasteiger partial charge in [0.1, 0.15) is 12.2 Å². The highest BCUT2D eigenvalue weighted by Crippen LogP contribution is 2.05. The van der Waals surface area contributed by atoms with E-state index in [0.29, 0.717) is 12.2 Å². The lowest BCUT2D eigenvalue weighted by Crippen LogP contribution is -2.38. The van der Waals surface area contributed by atoms with Crippen molar-refractivity contribution in [2.75, 3.05) is 0 Å². The van der Waals surface area contributed by atoms with Crippen LogP contribution in [-0.2, 0) is 32.0 Å². The third-order valence-corrected chi connectivity index (χ3v) is 3.72. The summed E-state index contributed by atoms with van der Waals surface area (Å²) in [5, 5.41) is 2.74. The van der Waals surface area contributed by atoms with Gasteiger partial charge in [-0.1, -0.05) is 6.07 Å². The number of aromatic nitrogens is 5. The Balaban J connectivity index is 1.84. The third-order valence-electron chi connectivity index (χ3n) is 3.72. The van der Waals surface area contributed by atoms with Crippen molar-refractivity contribution >= 4 is 17.1 Å². The van der Waals surface area contributed by atoms with Crippen LogP contribution in [-0.4, -0.2) is 29.6 Å². The van der Waals surface area contributed by atoms with Gasteiger partial charge in [-0.3, -0.25) is 23.7 Å². The van der Waals surface area contributed by atoms with Gasteiger partial charge in [0.15, 0.2) is 5.52 Å². The topological polar surface area (TPSA) is 104 Å². The first kappa shape index (κ1) is 15.7. The van der Waals surface area contributed by atoms with Crippen molar-refractivity contribution in [1.29, 1.82) is 0 Å². The average molecular weight is 328 g/mol. The van der Waals surface area contributed by atoms with E-state index in [2.05, 4.69) is 15.3 Å². The number of hydrogen-bond acceptors (Lipinski definition) is 5. The molecule has 0 atom stereocenters. The fourth-order valence-corrected chi connectivity index (χ4v) is 2.46. The van der Waals surface area contributed by atoms with Crippen LogP contribution in [0.25, 0.3) is 11.2 Å². The fraction of sp³-hybridized carbons (Fsp3) is 0.267. The molecule has 3 aromatic heterocycles. The van der Waals surface area contributed by atoms with Crippen molar-refractivity contribution in [3.8, 4) is 0 Å². The van der Waals surface area contributed by atoms with Gasteiger partial charge in [-0.25, -0.2) is 9.78 Å². The Kier molecular flexibility index (Phi) is 3.98. The number of nitrogens with one attached hydrogen (secondary N) is 1. The molecular weight excluding hydrogens is 312 g/mol. The Bertz CT molecular complexity index is 1020. The van der Waals surface area contributed by atoms with Gasteiger partial charge in [-0.2, -0.15) is 0 Å². The van der Waals surface area contributed by atoms with E-state index in [9.17, 15) is 14.4 Å². The number of aryl methyl sites for hydroxylation is 1. The molecule has 0 aromatic carbocycles. The highest BCUT2D eigenvalue weighted by Gasteiger charge is 2.15. The first-order valence-corrected chi connectivity index (χ1v) is 7.26. The van der Waals surface area contributed by atoms with E-state index in [1.54, 1.807) is 18.3 Å². The lowest BCUT2D eigenvalue weighted by molar-refractivity contribution is -0.121. The second kappa shape index (κ2) is 6.11. The maximum Gasteiger partial charge on any atom is 0.332 e. The Hall–Kier alpha value is -3.23. The molecule has 24 heavy (non-hydrogen) atoms. The number of nitrogens with zero attached hydrogens (tertiary/aromatic N) is 5. The SMILES string of the molecule is Cn1c(=O)c2ncn(CC(=O)NCc3ccccn3)c2n(C)c1=O. The molecule has 1 N–H and O–H groups in total. The van der Waals surface area contributed by atoms with E-state index in [1.165, 1.54) is 29.6 Å². The molecule has 0 saturated carbocycles. The normalized spacial score (nSPS) is 10.9. The average Bonchev–Trinajstić information content (AvgIpc) is 3.01. The minimum absolute atomic E-state index is 0.0518. The van der Waals surface area contributed by atoms with E-state index in [-0.39, 0.29) is 18.0 Å². The number of carbonyl (C=O) groups is 1. The summed E-state index contributed by atoms with van der Waals surface area (Å²) >= 11 is 0. The summed E-state index contributed by atoms with van der Waals surface area (Å²) in [4.78, 5) is 44.4. The number of imidazole rings is 1. The van der Waals surface area contributed by atoms with Crippen LogP contribution in [0.1, 0.15) is 5.69 Å². The van der Waals surface area contributed by atoms with Crippen LogP contribution in [0, 0.1) is 0 Å². The van der Waals surface area contributed by atoms with E-state index in [1.807, 2.05) is 6.07 Å². The Morgan fingerprint density at radius 1 is 1.17 bits per heavy atom. The number of rotatable bonds is 4. The van der Waals surface area contributed by atoms with Gasteiger partial charge in [0.05, 0.1) is 18.6 Å². The molecule has 3 aromatic rings. The molecule has 0 saturated heterocycles. The Labute approximate surface area is 136 Å². The third kappa shape index (κ3) is 2.71. The number of amides is 1. The number of fused-ring (bicyclic) bond motifs is 1. The molecule has 9 nitrogen and oxygen atoms in total. The molecule has 9 heteroatoms. The van der Waals surface area contributed by atoms with Crippen molar-refractivity contribution in [3.05, 3.63) is 57.3 Å². The molecule has 0 bridgehead atoms. The molecule has 0 aliphatic carbocycles. The van der Waals surface area contributed by atoms with Gasteiger partial charge in [0.25, 0.3) is 5.56 Å². The molecule has 0 aliphatic rings. The second-order valence-corrected chi connectivity index (χ2v) is 5.35. The largest absolute Gasteiger partial charge is 0.349 e. The zero-order valence-corrected chi connectivity index (χ0v) is 13.3. The van der Waals surface area contributed by atoms with E-state index in [4.69, 9.17) is 0 Å². The maximum atomic E-state index is 12.1. The van der Waals surface area contributed by atoms with Gasteiger partial charge in [0.2, 0.25) is 5.91 Å². The van der Waals surface area contributed by atoms with E-state index >= 15 is 0 Å². The highest BCUT2D eigenvalue weighted by atomic mass is 16.2. The van der Waals surface area contributed by atoms with Crippen LogP contribution in [0.5, 0.6) is 0 Å². The van der Waals surface area contributed by atoms with Gasteiger partial charge < -0.3 is 9.88 Å². The summed E-state index contributed by atoms with van der Waals surface area (Å²) in [7, 11) is 2.93. The molecular formula is C15H16N6O3. The van der Waals surface area contributed by atoms with Crippen LogP contribution in [0.4, 0.5) is 0 Å². The number of carbonyl (C=O) groups excluding carboxylic acids is 1. The molecule has 1 amide bonds. The maximum absolute atomic E-state index is 12.1. The lowest BCUT2D eigenvalue weighted by Gasteiger charge is -2.09. The monoisotopic (exact) mass is 328 g/mol. The molecule has 124 valence electrons. The van der Waals surface area contributed by atoms with Crippen LogP contribution in [0.15, 0.2) is 40.3 Å². The summed E-state index contributed by atoms with van der Waals surface area (Å²) in [5.74, 6) is -0.270.